The van der Waals surface area contributed by atoms with Crippen molar-refractivity contribution >= 4 is 0 Å². The van der Waals surface area contributed by atoms with E-state index in [-0.39, 0.29) is 12.1 Å². The monoisotopic (exact) mass is 238 g/mol. The summed E-state index contributed by atoms with van der Waals surface area (Å²) in [7, 11) is 2.03. The minimum atomic E-state index is 0.119. The first kappa shape index (κ1) is 14.0. The van der Waals surface area contributed by atoms with Crippen molar-refractivity contribution in [1.82, 2.24) is 14.9 Å². The van der Waals surface area contributed by atoms with Crippen LogP contribution in [0.1, 0.15) is 25.6 Å². The Balaban J connectivity index is 2.50. The Morgan fingerprint density at radius 3 is 2.76 bits per heavy atom. The molecule has 0 saturated carbocycles. The molecule has 0 amide bonds. The fourth-order valence-corrected chi connectivity index (χ4v) is 1.61. The number of aromatic nitrogens is 2. The van der Waals surface area contributed by atoms with Gasteiger partial charge in [-0.1, -0.05) is 0 Å². The number of ether oxygens (including phenoxy) is 1. The highest BCUT2D eigenvalue weighted by molar-refractivity contribution is 5.05. The Morgan fingerprint density at radius 2 is 2.24 bits per heavy atom. The molecule has 1 unspecified atom stereocenters. The van der Waals surface area contributed by atoms with Crippen LogP contribution in [0.4, 0.5) is 0 Å². The second kappa shape index (κ2) is 7.32. The van der Waals surface area contributed by atoms with Crippen molar-refractivity contribution < 1.29 is 4.74 Å². The molecule has 0 fully saturated rings. The van der Waals surface area contributed by atoms with Gasteiger partial charge in [0.15, 0.2) is 0 Å². The highest BCUT2D eigenvalue weighted by atomic mass is 16.5. The number of hydrogen-bond acceptors (Lipinski definition) is 5. The quantitative estimate of drug-likeness (QED) is 0.762. The van der Waals surface area contributed by atoms with E-state index < -0.39 is 0 Å². The van der Waals surface area contributed by atoms with Crippen LogP contribution in [0.5, 0.6) is 0 Å². The molecule has 0 saturated heterocycles. The molecule has 2 N–H and O–H groups in total. The second-order valence-electron chi connectivity index (χ2n) is 4.29. The molecule has 1 rings (SSSR count). The summed E-state index contributed by atoms with van der Waals surface area (Å²) in [4.78, 5) is 10.3. The lowest BCUT2D eigenvalue weighted by Crippen LogP contribution is -2.34. The van der Waals surface area contributed by atoms with Gasteiger partial charge in [-0.3, -0.25) is 4.90 Å². The van der Waals surface area contributed by atoms with Gasteiger partial charge >= 0.3 is 0 Å². The zero-order valence-electron chi connectivity index (χ0n) is 10.8. The van der Waals surface area contributed by atoms with Gasteiger partial charge in [-0.05, 0) is 27.0 Å². The SMILES string of the molecule is CC(C)OCCN(C)C(CN)c1ccncn1. The standard InChI is InChI=1S/C12H22N4O/c1-10(2)17-7-6-16(3)12(8-13)11-4-5-14-9-15-11/h4-5,9-10,12H,6-8,13H2,1-3H3. The molecule has 0 aliphatic rings. The van der Waals surface area contributed by atoms with Crippen molar-refractivity contribution in [3.8, 4) is 0 Å². The topological polar surface area (TPSA) is 64.3 Å². The van der Waals surface area contributed by atoms with Crippen LogP contribution in [0.3, 0.4) is 0 Å². The maximum Gasteiger partial charge on any atom is 0.115 e. The number of rotatable bonds is 7. The molecule has 0 aliphatic heterocycles. The molecule has 0 aromatic carbocycles. The molecule has 1 aromatic rings. The van der Waals surface area contributed by atoms with E-state index in [1.165, 1.54) is 0 Å². The highest BCUT2D eigenvalue weighted by Gasteiger charge is 2.16. The summed E-state index contributed by atoms with van der Waals surface area (Å²) in [6, 6.07) is 2.02. The molecule has 0 bridgehead atoms. The Hall–Kier alpha value is -1.04. The summed E-state index contributed by atoms with van der Waals surface area (Å²) >= 11 is 0. The number of likely N-dealkylation sites (N-methyl/N-ethyl adjacent to an activating group) is 1. The Bertz CT molecular complexity index is 305. The van der Waals surface area contributed by atoms with E-state index in [1.807, 2.05) is 27.0 Å². The van der Waals surface area contributed by atoms with E-state index >= 15 is 0 Å². The van der Waals surface area contributed by atoms with Gasteiger partial charge < -0.3 is 10.5 Å². The Kier molecular flexibility index (Phi) is 6.04. The van der Waals surface area contributed by atoms with Gasteiger partial charge in [0.25, 0.3) is 0 Å². The first-order valence-corrected chi connectivity index (χ1v) is 5.93. The third kappa shape index (κ3) is 4.77. The zero-order chi connectivity index (χ0) is 12.7. The highest BCUT2D eigenvalue weighted by Crippen LogP contribution is 2.14. The van der Waals surface area contributed by atoms with Gasteiger partial charge in [0.2, 0.25) is 0 Å². The van der Waals surface area contributed by atoms with E-state index in [0.717, 1.165) is 12.2 Å². The van der Waals surface area contributed by atoms with E-state index in [1.54, 1.807) is 12.5 Å². The van der Waals surface area contributed by atoms with E-state index in [4.69, 9.17) is 10.5 Å². The van der Waals surface area contributed by atoms with E-state index in [9.17, 15) is 0 Å². The zero-order valence-corrected chi connectivity index (χ0v) is 10.8. The smallest absolute Gasteiger partial charge is 0.115 e. The van der Waals surface area contributed by atoms with Crippen molar-refractivity contribution in [2.24, 2.45) is 5.73 Å². The Morgan fingerprint density at radius 1 is 1.47 bits per heavy atom. The maximum atomic E-state index is 5.79. The van der Waals surface area contributed by atoms with Gasteiger partial charge in [0.05, 0.1) is 24.4 Å². The average molecular weight is 238 g/mol. The first-order valence-electron chi connectivity index (χ1n) is 5.93. The minimum absolute atomic E-state index is 0.119. The fraction of sp³-hybridized carbons (Fsp3) is 0.667. The minimum Gasteiger partial charge on any atom is -0.377 e. The predicted molar refractivity (Wildman–Crippen MR) is 67.5 cm³/mol. The van der Waals surface area contributed by atoms with Crippen molar-refractivity contribution in [3.63, 3.8) is 0 Å². The third-order valence-corrected chi connectivity index (χ3v) is 2.60. The summed E-state index contributed by atoms with van der Waals surface area (Å²) in [6.45, 7) is 6.14. The third-order valence-electron chi connectivity index (χ3n) is 2.60. The van der Waals surface area contributed by atoms with Crippen molar-refractivity contribution in [3.05, 3.63) is 24.3 Å². The molecule has 5 heteroatoms. The molecule has 1 aromatic heterocycles. The van der Waals surface area contributed by atoms with Crippen LogP contribution in [0.25, 0.3) is 0 Å². The van der Waals surface area contributed by atoms with Crippen molar-refractivity contribution in [2.75, 3.05) is 26.7 Å². The van der Waals surface area contributed by atoms with E-state index in [0.29, 0.717) is 13.2 Å². The summed E-state index contributed by atoms with van der Waals surface area (Å²) in [5.41, 5.74) is 6.75. The summed E-state index contributed by atoms with van der Waals surface area (Å²) in [5, 5.41) is 0. The first-order chi connectivity index (χ1) is 8.15. The second-order valence-corrected chi connectivity index (χ2v) is 4.29. The van der Waals surface area contributed by atoms with Gasteiger partial charge in [-0.15, -0.1) is 0 Å². The number of nitrogens with two attached hydrogens (primary N) is 1. The van der Waals surface area contributed by atoms with Gasteiger partial charge in [-0.25, -0.2) is 9.97 Å². The normalized spacial score (nSPS) is 13.3. The average Bonchev–Trinajstić information content (AvgIpc) is 2.31. The van der Waals surface area contributed by atoms with Crippen LogP contribution in [0.15, 0.2) is 18.6 Å². The molecule has 0 aliphatic carbocycles. The van der Waals surface area contributed by atoms with Crippen LogP contribution in [-0.4, -0.2) is 47.7 Å². The Labute approximate surface area is 103 Å². The largest absolute Gasteiger partial charge is 0.377 e. The molecule has 1 atom stereocenters. The maximum absolute atomic E-state index is 5.79. The fourth-order valence-electron chi connectivity index (χ4n) is 1.61. The predicted octanol–water partition coefficient (Wildman–Crippen LogP) is 0.833. The van der Waals surface area contributed by atoms with Crippen LogP contribution in [0, 0.1) is 0 Å². The summed E-state index contributed by atoms with van der Waals surface area (Å²) in [5.74, 6) is 0. The van der Waals surface area contributed by atoms with Crippen LogP contribution < -0.4 is 5.73 Å². The van der Waals surface area contributed by atoms with Crippen LogP contribution in [0.2, 0.25) is 0 Å². The summed E-state index contributed by atoms with van der Waals surface area (Å²) in [6.07, 6.45) is 3.55. The molecule has 17 heavy (non-hydrogen) atoms. The van der Waals surface area contributed by atoms with Crippen molar-refractivity contribution in [2.45, 2.75) is 26.0 Å². The van der Waals surface area contributed by atoms with Crippen LogP contribution >= 0.6 is 0 Å². The van der Waals surface area contributed by atoms with Gasteiger partial charge in [-0.2, -0.15) is 0 Å². The summed E-state index contributed by atoms with van der Waals surface area (Å²) < 4.78 is 5.53. The van der Waals surface area contributed by atoms with Gasteiger partial charge in [0.1, 0.15) is 6.33 Å². The molecule has 0 spiro atoms. The number of hydrogen-bond donors (Lipinski definition) is 1. The molecule has 5 nitrogen and oxygen atoms in total. The molecule has 0 radical (unpaired) electrons. The lowest BCUT2D eigenvalue weighted by Gasteiger charge is -2.26. The molecular weight excluding hydrogens is 216 g/mol. The number of nitrogens with zero attached hydrogens (tertiary/aromatic N) is 3. The molecule has 96 valence electrons. The lowest BCUT2D eigenvalue weighted by molar-refractivity contribution is 0.0560. The van der Waals surface area contributed by atoms with E-state index in [2.05, 4.69) is 14.9 Å². The molecular formula is C12H22N4O. The lowest BCUT2D eigenvalue weighted by atomic mass is 10.2. The van der Waals surface area contributed by atoms with Gasteiger partial charge in [0, 0.05) is 19.3 Å². The van der Waals surface area contributed by atoms with Crippen molar-refractivity contribution in [1.29, 1.82) is 0 Å². The van der Waals surface area contributed by atoms with Crippen LogP contribution in [-0.2, 0) is 4.74 Å². The molecule has 1 heterocycles.